The maximum absolute atomic E-state index is 4.33. The topological polar surface area (TPSA) is 32.3 Å². The van der Waals surface area contributed by atoms with Crippen molar-refractivity contribution in [3.63, 3.8) is 0 Å². The fourth-order valence-corrected chi connectivity index (χ4v) is 2.86. The largest absolute Gasteiger partial charge is 0.344 e. The first-order valence-electron chi connectivity index (χ1n) is 6.20. The molecule has 0 radical (unpaired) electrons. The SMILES string of the molecule is CC(C)c1nnc(N2CCN(C)C(C)(C)C2)s1. The van der Waals surface area contributed by atoms with E-state index in [0.29, 0.717) is 5.92 Å². The molecule has 17 heavy (non-hydrogen) atoms. The molecule has 2 heterocycles. The van der Waals surface area contributed by atoms with Gasteiger partial charge in [-0.05, 0) is 20.9 Å². The molecule has 0 bridgehead atoms. The highest BCUT2D eigenvalue weighted by atomic mass is 32.1. The van der Waals surface area contributed by atoms with Gasteiger partial charge in [0.15, 0.2) is 0 Å². The van der Waals surface area contributed by atoms with Gasteiger partial charge < -0.3 is 4.90 Å². The van der Waals surface area contributed by atoms with Crippen LogP contribution < -0.4 is 4.90 Å². The van der Waals surface area contributed by atoms with E-state index in [1.807, 2.05) is 0 Å². The van der Waals surface area contributed by atoms with E-state index in [1.165, 1.54) is 0 Å². The van der Waals surface area contributed by atoms with Gasteiger partial charge in [0.1, 0.15) is 5.01 Å². The summed E-state index contributed by atoms with van der Waals surface area (Å²) in [5, 5.41) is 10.8. The molecule has 0 amide bonds. The number of hydrogen-bond donors (Lipinski definition) is 0. The lowest BCUT2D eigenvalue weighted by Crippen LogP contribution is -2.57. The summed E-state index contributed by atoms with van der Waals surface area (Å²) < 4.78 is 0. The Kier molecular flexibility index (Phi) is 3.41. The van der Waals surface area contributed by atoms with E-state index < -0.39 is 0 Å². The minimum Gasteiger partial charge on any atom is -0.344 e. The minimum absolute atomic E-state index is 0.210. The molecule has 0 atom stereocenters. The van der Waals surface area contributed by atoms with Crippen molar-refractivity contribution in [2.45, 2.75) is 39.2 Å². The summed E-state index contributed by atoms with van der Waals surface area (Å²) in [4.78, 5) is 4.78. The summed E-state index contributed by atoms with van der Waals surface area (Å²) in [6.07, 6.45) is 0. The van der Waals surface area contributed by atoms with Crippen molar-refractivity contribution >= 4 is 16.5 Å². The van der Waals surface area contributed by atoms with E-state index in [9.17, 15) is 0 Å². The van der Waals surface area contributed by atoms with Gasteiger partial charge in [-0.15, -0.1) is 10.2 Å². The highest BCUT2D eigenvalue weighted by Crippen LogP contribution is 2.29. The molecule has 1 aliphatic rings. The van der Waals surface area contributed by atoms with Crippen LogP contribution in [-0.2, 0) is 0 Å². The van der Waals surface area contributed by atoms with Crippen LogP contribution in [-0.4, -0.2) is 47.3 Å². The number of hydrogen-bond acceptors (Lipinski definition) is 5. The molecule has 1 aromatic rings. The zero-order valence-corrected chi connectivity index (χ0v) is 12.2. The average Bonchev–Trinajstić information content (AvgIpc) is 2.71. The summed E-state index contributed by atoms with van der Waals surface area (Å²) in [7, 11) is 2.19. The fraction of sp³-hybridized carbons (Fsp3) is 0.833. The van der Waals surface area contributed by atoms with Crippen LogP contribution in [0.25, 0.3) is 0 Å². The Balaban J connectivity index is 2.12. The predicted molar refractivity (Wildman–Crippen MR) is 72.9 cm³/mol. The number of likely N-dealkylation sites (N-methyl/N-ethyl adjacent to an activating group) is 1. The van der Waals surface area contributed by atoms with Crippen LogP contribution in [0.5, 0.6) is 0 Å². The van der Waals surface area contributed by atoms with Crippen molar-refractivity contribution in [1.82, 2.24) is 15.1 Å². The van der Waals surface area contributed by atoms with Gasteiger partial charge >= 0.3 is 0 Å². The molecule has 5 heteroatoms. The predicted octanol–water partition coefficient (Wildman–Crippen LogP) is 2.19. The van der Waals surface area contributed by atoms with E-state index in [1.54, 1.807) is 11.3 Å². The molecule has 4 nitrogen and oxygen atoms in total. The Bertz CT molecular complexity index is 386. The van der Waals surface area contributed by atoms with Crippen LogP contribution in [0, 0.1) is 0 Å². The van der Waals surface area contributed by atoms with Gasteiger partial charge in [0.2, 0.25) is 5.13 Å². The first-order chi connectivity index (χ1) is 7.90. The molecule has 1 saturated heterocycles. The summed E-state index contributed by atoms with van der Waals surface area (Å²) in [6.45, 7) is 12.1. The standard InChI is InChI=1S/C12H22N4S/c1-9(2)10-13-14-11(17-10)16-7-6-15(5)12(3,4)8-16/h9H,6-8H2,1-5H3. The van der Waals surface area contributed by atoms with E-state index in [2.05, 4.69) is 54.7 Å². The van der Waals surface area contributed by atoms with Gasteiger partial charge in [-0.2, -0.15) is 0 Å². The molecule has 0 saturated carbocycles. The molecule has 96 valence electrons. The second-order valence-electron chi connectivity index (χ2n) is 5.73. The number of rotatable bonds is 2. The van der Waals surface area contributed by atoms with Gasteiger partial charge in [-0.3, -0.25) is 4.90 Å². The van der Waals surface area contributed by atoms with Gasteiger partial charge in [-0.1, -0.05) is 25.2 Å². The summed E-state index contributed by atoms with van der Waals surface area (Å²) >= 11 is 1.73. The quantitative estimate of drug-likeness (QED) is 0.810. The smallest absolute Gasteiger partial charge is 0.208 e. The minimum atomic E-state index is 0.210. The molecule has 1 fully saturated rings. The average molecular weight is 254 g/mol. The third kappa shape index (κ3) is 2.60. The zero-order chi connectivity index (χ0) is 12.6. The van der Waals surface area contributed by atoms with E-state index in [0.717, 1.165) is 29.8 Å². The lowest BCUT2D eigenvalue weighted by molar-refractivity contribution is 0.139. The van der Waals surface area contributed by atoms with Crippen molar-refractivity contribution in [3.8, 4) is 0 Å². The third-order valence-corrected chi connectivity index (χ3v) is 4.80. The van der Waals surface area contributed by atoms with Crippen molar-refractivity contribution < 1.29 is 0 Å². The first-order valence-corrected chi connectivity index (χ1v) is 7.01. The number of nitrogens with zero attached hydrogens (tertiary/aromatic N) is 4. The molecular weight excluding hydrogens is 232 g/mol. The normalized spacial score (nSPS) is 21.2. The monoisotopic (exact) mass is 254 g/mol. The molecule has 1 aliphatic heterocycles. The molecule has 1 aromatic heterocycles. The second kappa shape index (κ2) is 4.53. The van der Waals surface area contributed by atoms with Gasteiger partial charge in [0, 0.05) is 31.1 Å². The number of piperazine rings is 1. The molecule has 0 unspecified atom stereocenters. The van der Waals surface area contributed by atoms with Crippen LogP contribution in [0.15, 0.2) is 0 Å². The lowest BCUT2D eigenvalue weighted by Gasteiger charge is -2.45. The highest BCUT2D eigenvalue weighted by molar-refractivity contribution is 7.15. The summed E-state index contributed by atoms with van der Waals surface area (Å²) in [5.74, 6) is 0.474. The van der Waals surface area contributed by atoms with E-state index in [-0.39, 0.29) is 5.54 Å². The Morgan fingerprint density at radius 1 is 1.24 bits per heavy atom. The highest BCUT2D eigenvalue weighted by Gasteiger charge is 2.32. The van der Waals surface area contributed by atoms with Crippen LogP contribution in [0.2, 0.25) is 0 Å². The number of anilines is 1. The Hall–Kier alpha value is -0.680. The van der Waals surface area contributed by atoms with E-state index in [4.69, 9.17) is 0 Å². The van der Waals surface area contributed by atoms with Crippen molar-refractivity contribution in [2.75, 3.05) is 31.6 Å². The van der Waals surface area contributed by atoms with Crippen LogP contribution >= 0.6 is 11.3 Å². The van der Waals surface area contributed by atoms with Crippen molar-refractivity contribution in [3.05, 3.63) is 5.01 Å². The zero-order valence-electron chi connectivity index (χ0n) is 11.4. The maximum Gasteiger partial charge on any atom is 0.208 e. The molecule has 0 aliphatic carbocycles. The Morgan fingerprint density at radius 2 is 1.94 bits per heavy atom. The Labute approximate surface area is 108 Å². The van der Waals surface area contributed by atoms with Crippen molar-refractivity contribution in [2.24, 2.45) is 0 Å². The van der Waals surface area contributed by atoms with Crippen molar-refractivity contribution in [1.29, 1.82) is 0 Å². The van der Waals surface area contributed by atoms with Gasteiger partial charge in [0.25, 0.3) is 0 Å². The first kappa shape index (κ1) is 12.8. The molecule has 0 aromatic carbocycles. The third-order valence-electron chi connectivity index (χ3n) is 3.51. The number of aromatic nitrogens is 2. The van der Waals surface area contributed by atoms with Crippen LogP contribution in [0.4, 0.5) is 5.13 Å². The fourth-order valence-electron chi connectivity index (χ4n) is 1.99. The van der Waals surface area contributed by atoms with Crippen LogP contribution in [0.3, 0.4) is 0 Å². The maximum atomic E-state index is 4.33. The van der Waals surface area contributed by atoms with E-state index >= 15 is 0 Å². The van der Waals surface area contributed by atoms with Gasteiger partial charge in [-0.25, -0.2) is 0 Å². The van der Waals surface area contributed by atoms with Gasteiger partial charge in [0.05, 0.1) is 0 Å². The molecule has 0 spiro atoms. The summed E-state index contributed by atoms with van der Waals surface area (Å²) in [5.41, 5.74) is 0.210. The molecular formula is C12H22N4S. The Morgan fingerprint density at radius 3 is 2.47 bits per heavy atom. The lowest BCUT2D eigenvalue weighted by atomic mass is 10.0. The summed E-state index contributed by atoms with van der Waals surface area (Å²) in [6, 6.07) is 0. The van der Waals surface area contributed by atoms with Crippen LogP contribution in [0.1, 0.15) is 38.6 Å². The molecule has 2 rings (SSSR count). The molecule has 0 N–H and O–H groups in total. The second-order valence-corrected chi connectivity index (χ2v) is 6.72.